The number of carbonyl (C=O) groups excluding carboxylic acids is 1. The Morgan fingerprint density at radius 2 is 1.00 bits per heavy atom. The quantitative estimate of drug-likeness (QED) is 0.205. The molecule has 0 N–H and O–H groups in total. The Morgan fingerprint density at radius 3 is 1.50 bits per heavy atom. The highest BCUT2D eigenvalue weighted by molar-refractivity contribution is 6.37. The lowest BCUT2D eigenvalue weighted by atomic mass is 9.69. The number of ether oxygens (including phenoxy) is 2. The van der Waals surface area contributed by atoms with E-state index in [0.717, 1.165) is 39.0 Å². The summed E-state index contributed by atoms with van der Waals surface area (Å²) in [5.41, 5.74) is 3.51. The number of Topliss-reactive ketones (excluding diaryl/α,β-unsaturated/α-hetero) is 1. The van der Waals surface area contributed by atoms with Gasteiger partial charge >= 0.3 is 0 Å². The molecule has 1 aliphatic heterocycles. The molecule has 2 atom stereocenters. The molecule has 2 unspecified atom stereocenters. The van der Waals surface area contributed by atoms with Gasteiger partial charge in [-0.1, -0.05) is 169 Å². The summed E-state index contributed by atoms with van der Waals surface area (Å²) in [4.78, 5) is 15.8. The number of fused-ring (bicyclic) bond motifs is 2. The molecule has 0 saturated carbocycles. The van der Waals surface area contributed by atoms with Crippen LogP contribution in [0.3, 0.4) is 0 Å². The van der Waals surface area contributed by atoms with Crippen LogP contribution in [-0.4, -0.2) is 5.78 Å². The Bertz CT molecular complexity index is 1950. The van der Waals surface area contributed by atoms with Crippen molar-refractivity contribution >= 4 is 16.9 Å². The predicted molar refractivity (Wildman–Crippen MR) is 186 cm³/mol. The van der Waals surface area contributed by atoms with Crippen molar-refractivity contribution in [3.63, 3.8) is 0 Å². The molecule has 46 heavy (non-hydrogen) atoms. The molecule has 1 heterocycles. The molecule has 5 aromatic carbocycles. The normalized spacial score (nSPS) is 20.9. The molecule has 0 radical (unpaired) electrons. The molecule has 0 fully saturated rings. The first-order valence-electron chi connectivity index (χ1n) is 16.1. The van der Waals surface area contributed by atoms with Crippen LogP contribution < -0.4 is 9.47 Å². The second-order valence-corrected chi connectivity index (χ2v) is 14.5. The van der Waals surface area contributed by atoms with E-state index in [1.165, 1.54) is 0 Å². The minimum absolute atomic E-state index is 0.127. The van der Waals surface area contributed by atoms with Crippen LogP contribution in [0.1, 0.15) is 74.9 Å². The fraction of sp³-hybridized carbons (Fsp3) is 0.233. The summed E-state index contributed by atoms with van der Waals surface area (Å²) < 4.78 is 15.2. The van der Waals surface area contributed by atoms with Crippen LogP contribution in [0.15, 0.2) is 133 Å². The molecule has 1 aliphatic carbocycles. The van der Waals surface area contributed by atoms with Crippen LogP contribution in [0.4, 0.5) is 0 Å². The van der Waals surface area contributed by atoms with Crippen LogP contribution in [0.2, 0.25) is 0 Å². The zero-order valence-corrected chi connectivity index (χ0v) is 27.4. The molecule has 0 spiro atoms. The van der Waals surface area contributed by atoms with Gasteiger partial charge in [0.2, 0.25) is 17.0 Å². The van der Waals surface area contributed by atoms with E-state index in [1.807, 2.05) is 97.1 Å². The van der Waals surface area contributed by atoms with Crippen molar-refractivity contribution in [1.29, 1.82) is 0 Å². The standard InChI is InChI=1S/C43H40O3/c1-40(2,3)33-27-34(41(4,5)6)38-35(28-33)45-42(31-23-15-9-16-24-31)37(30-21-13-8-14-22-30)36(29-19-11-7-12-20-29)39(44)43(42,46-38)32-25-17-10-18-26-32/h7-28H,1-6H3. The number of carbonyl (C=O) groups is 1. The molecule has 5 aromatic rings. The molecule has 0 aromatic heterocycles. The average molecular weight is 605 g/mol. The van der Waals surface area contributed by atoms with E-state index < -0.39 is 11.2 Å². The lowest BCUT2D eigenvalue weighted by Crippen LogP contribution is -2.60. The smallest absolute Gasteiger partial charge is 0.244 e. The second kappa shape index (κ2) is 10.6. The third kappa shape index (κ3) is 4.36. The predicted octanol–water partition coefficient (Wildman–Crippen LogP) is 10.0. The van der Waals surface area contributed by atoms with Crippen molar-refractivity contribution in [2.75, 3.05) is 0 Å². The van der Waals surface area contributed by atoms with Crippen LogP contribution in [0.25, 0.3) is 11.1 Å². The van der Waals surface area contributed by atoms with Crippen LogP contribution >= 0.6 is 0 Å². The maximum absolute atomic E-state index is 15.8. The fourth-order valence-electron chi connectivity index (χ4n) is 7.11. The van der Waals surface area contributed by atoms with Gasteiger partial charge in [0.1, 0.15) is 0 Å². The third-order valence-electron chi connectivity index (χ3n) is 9.38. The van der Waals surface area contributed by atoms with Gasteiger partial charge in [-0.25, -0.2) is 0 Å². The Labute approximate surface area is 272 Å². The summed E-state index contributed by atoms with van der Waals surface area (Å²) in [6, 6.07) is 44.6. The number of hydrogen-bond acceptors (Lipinski definition) is 3. The second-order valence-electron chi connectivity index (χ2n) is 14.5. The average Bonchev–Trinajstić information content (AvgIpc) is 3.29. The first kappa shape index (κ1) is 29.8. The zero-order chi connectivity index (χ0) is 32.3. The molecule has 3 heteroatoms. The molecule has 0 bridgehead atoms. The highest BCUT2D eigenvalue weighted by atomic mass is 16.6. The number of rotatable bonds is 4. The molecule has 7 rings (SSSR count). The van der Waals surface area contributed by atoms with E-state index in [2.05, 4.69) is 77.9 Å². The Hall–Kier alpha value is -4.89. The molecular weight excluding hydrogens is 564 g/mol. The van der Waals surface area contributed by atoms with Crippen molar-refractivity contribution < 1.29 is 14.3 Å². The van der Waals surface area contributed by atoms with Gasteiger partial charge in [-0.05, 0) is 33.6 Å². The van der Waals surface area contributed by atoms with Gasteiger partial charge in [-0.15, -0.1) is 0 Å². The fourth-order valence-corrected chi connectivity index (χ4v) is 7.11. The summed E-state index contributed by atoms with van der Waals surface area (Å²) in [5.74, 6) is 1.13. The van der Waals surface area contributed by atoms with Gasteiger partial charge in [0.05, 0.1) is 0 Å². The van der Waals surface area contributed by atoms with Gasteiger partial charge in [0, 0.05) is 27.8 Å². The molecule has 0 saturated heterocycles. The Kier molecular flexibility index (Phi) is 6.86. The van der Waals surface area contributed by atoms with Crippen LogP contribution in [-0.2, 0) is 26.8 Å². The lowest BCUT2D eigenvalue weighted by Gasteiger charge is -2.51. The molecule has 3 nitrogen and oxygen atoms in total. The van der Waals surface area contributed by atoms with Crippen molar-refractivity contribution in [1.82, 2.24) is 0 Å². The summed E-state index contributed by atoms with van der Waals surface area (Å²) in [6.45, 7) is 13.2. The summed E-state index contributed by atoms with van der Waals surface area (Å²) in [5, 5.41) is 0. The van der Waals surface area contributed by atoms with E-state index >= 15 is 4.79 Å². The minimum atomic E-state index is -1.57. The highest BCUT2D eigenvalue weighted by Gasteiger charge is 2.73. The minimum Gasteiger partial charge on any atom is -0.469 e. The first-order chi connectivity index (χ1) is 22.0. The van der Waals surface area contributed by atoms with Crippen LogP contribution in [0.5, 0.6) is 11.5 Å². The van der Waals surface area contributed by atoms with Gasteiger partial charge in [-0.3, -0.25) is 4.79 Å². The van der Waals surface area contributed by atoms with Gasteiger partial charge in [-0.2, -0.15) is 0 Å². The topological polar surface area (TPSA) is 35.5 Å². The maximum atomic E-state index is 15.8. The Morgan fingerprint density at radius 1 is 0.522 bits per heavy atom. The van der Waals surface area contributed by atoms with Crippen molar-refractivity contribution in [3.05, 3.63) is 167 Å². The van der Waals surface area contributed by atoms with Crippen molar-refractivity contribution in [2.24, 2.45) is 0 Å². The number of benzene rings is 5. The van der Waals surface area contributed by atoms with Gasteiger partial charge in [0.25, 0.3) is 0 Å². The van der Waals surface area contributed by atoms with E-state index in [4.69, 9.17) is 9.47 Å². The molecule has 230 valence electrons. The number of ketones is 1. The lowest BCUT2D eigenvalue weighted by molar-refractivity contribution is -0.152. The largest absolute Gasteiger partial charge is 0.469 e. The Balaban J connectivity index is 1.70. The van der Waals surface area contributed by atoms with Crippen molar-refractivity contribution in [3.8, 4) is 11.5 Å². The molecule has 0 amide bonds. The molecule has 2 aliphatic rings. The van der Waals surface area contributed by atoms with Gasteiger partial charge < -0.3 is 9.47 Å². The first-order valence-corrected chi connectivity index (χ1v) is 16.1. The summed E-state index contributed by atoms with van der Waals surface area (Å²) in [7, 11) is 0. The van der Waals surface area contributed by atoms with E-state index in [9.17, 15) is 0 Å². The highest BCUT2D eigenvalue weighted by Crippen LogP contribution is 2.66. The van der Waals surface area contributed by atoms with E-state index in [0.29, 0.717) is 17.1 Å². The van der Waals surface area contributed by atoms with Gasteiger partial charge in [0.15, 0.2) is 11.5 Å². The zero-order valence-electron chi connectivity index (χ0n) is 27.4. The van der Waals surface area contributed by atoms with Crippen LogP contribution in [0, 0.1) is 0 Å². The SMILES string of the molecule is CC(C)(C)c1cc2c(c(C(C)(C)C)c1)OC1(c3ccccc3)C(=O)C(c3ccccc3)=C(c3ccccc3)C1(c1ccccc1)O2. The maximum Gasteiger partial charge on any atom is 0.244 e. The molecular formula is C43H40O3. The van der Waals surface area contributed by atoms with E-state index in [-0.39, 0.29) is 16.6 Å². The van der Waals surface area contributed by atoms with Crippen molar-refractivity contribution in [2.45, 2.75) is 63.6 Å². The third-order valence-corrected chi connectivity index (χ3v) is 9.38. The summed E-state index contributed by atoms with van der Waals surface area (Å²) >= 11 is 0. The number of hydrogen-bond donors (Lipinski definition) is 0. The monoisotopic (exact) mass is 604 g/mol. The van der Waals surface area contributed by atoms with E-state index in [1.54, 1.807) is 0 Å². The summed E-state index contributed by atoms with van der Waals surface area (Å²) in [6.07, 6.45) is 0.